The van der Waals surface area contributed by atoms with E-state index < -0.39 is 11.6 Å². The lowest BCUT2D eigenvalue weighted by molar-refractivity contribution is 0.0550. The molecule has 0 aliphatic carbocycles. The number of hydrogen-bond acceptors (Lipinski definition) is 3. The molecule has 0 aliphatic rings. The van der Waals surface area contributed by atoms with E-state index in [1.165, 1.54) is 11.0 Å². The van der Waals surface area contributed by atoms with Crippen LogP contribution in [0.5, 0.6) is 0 Å². The lowest BCUT2D eigenvalue weighted by atomic mass is 10.1. The van der Waals surface area contributed by atoms with Gasteiger partial charge in [-0.2, -0.15) is 0 Å². The van der Waals surface area contributed by atoms with Crippen LogP contribution < -0.4 is 10.2 Å². The standard InChI is InChI=1S/C16H26FN3O2/c1-11(2)20(6)14-8-7-12(9-13(14)17)18-15(21)19(5)10-16(3,4)22/h7-9,11,22H,10H2,1-6H3,(H,18,21). The van der Waals surface area contributed by atoms with Gasteiger partial charge in [0.25, 0.3) is 0 Å². The second kappa shape index (κ2) is 6.96. The lowest BCUT2D eigenvalue weighted by Crippen LogP contribution is -2.41. The summed E-state index contributed by atoms with van der Waals surface area (Å²) in [6, 6.07) is 4.37. The number of urea groups is 1. The van der Waals surface area contributed by atoms with Crippen molar-refractivity contribution in [3.05, 3.63) is 24.0 Å². The van der Waals surface area contributed by atoms with Crippen molar-refractivity contribution in [2.45, 2.75) is 39.3 Å². The molecule has 0 heterocycles. The molecule has 1 aromatic carbocycles. The second-order valence-electron chi connectivity index (χ2n) is 6.47. The Morgan fingerprint density at radius 3 is 2.41 bits per heavy atom. The van der Waals surface area contributed by atoms with Crippen LogP contribution >= 0.6 is 0 Å². The summed E-state index contributed by atoms with van der Waals surface area (Å²) in [4.78, 5) is 15.2. The Labute approximate surface area is 131 Å². The van der Waals surface area contributed by atoms with E-state index in [1.807, 2.05) is 25.8 Å². The molecule has 0 spiro atoms. The molecule has 1 rings (SSSR count). The molecule has 124 valence electrons. The predicted molar refractivity (Wildman–Crippen MR) is 87.9 cm³/mol. The molecule has 0 saturated carbocycles. The van der Waals surface area contributed by atoms with Crippen molar-refractivity contribution in [3.63, 3.8) is 0 Å². The summed E-state index contributed by atoms with van der Waals surface area (Å²) in [6.07, 6.45) is 0. The molecule has 5 nitrogen and oxygen atoms in total. The SMILES string of the molecule is CC(C)N(C)c1ccc(NC(=O)N(C)CC(C)(C)O)cc1F. The van der Waals surface area contributed by atoms with Gasteiger partial charge in [0.1, 0.15) is 5.82 Å². The Morgan fingerprint density at radius 1 is 1.36 bits per heavy atom. The van der Waals surface area contributed by atoms with E-state index in [0.717, 1.165) is 0 Å². The summed E-state index contributed by atoms with van der Waals surface area (Å²) >= 11 is 0. The molecule has 0 radical (unpaired) electrons. The summed E-state index contributed by atoms with van der Waals surface area (Å²) in [5.74, 6) is -0.390. The molecule has 0 atom stereocenters. The zero-order valence-electron chi connectivity index (χ0n) is 14.1. The molecule has 0 bridgehead atoms. The Morgan fingerprint density at radius 2 is 1.95 bits per heavy atom. The average molecular weight is 311 g/mol. The van der Waals surface area contributed by atoms with Gasteiger partial charge < -0.3 is 20.2 Å². The summed E-state index contributed by atoms with van der Waals surface area (Å²) in [6.45, 7) is 7.36. The first-order valence-corrected chi connectivity index (χ1v) is 7.28. The van der Waals surface area contributed by atoms with E-state index >= 15 is 0 Å². The fraction of sp³-hybridized carbons (Fsp3) is 0.562. The Kier molecular flexibility index (Phi) is 5.77. The van der Waals surface area contributed by atoms with Crippen molar-refractivity contribution in [3.8, 4) is 0 Å². The summed E-state index contributed by atoms with van der Waals surface area (Å²) < 4.78 is 14.1. The Hall–Kier alpha value is -1.82. The van der Waals surface area contributed by atoms with Crippen LogP contribution in [0.2, 0.25) is 0 Å². The van der Waals surface area contributed by atoms with E-state index in [4.69, 9.17) is 0 Å². The number of nitrogens with zero attached hydrogens (tertiary/aromatic N) is 2. The van der Waals surface area contributed by atoms with Crippen LogP contribution in [0.25, 0.3) is 0 Å². The largest absolute Gasteiger partial charge is 0.389 e. The van der Waals surface area contributed by atoms with E-state index in [9.17, 15) is 14.3 Å². The van der Waals surface area contributed by atoms with Crippen LogP contribution in [-0.2, 0) is 0 Å². The summed E-state index contributed by atoms with van der Waals surface area (Å²) in [5, 5.41) is 12.3. The van der Waals surface area contributed by atoms with E-state index in [1.54, 1.807) is 33.0 Å². The average Bonchev–Trinajstić information content (AvgIpc) is 2.35. The van der Waals surface area contributed by atoms with E-state index in [-0.39, 0.29) is 18.4 Å². The van der Waals surface area contributed by atoms with Crippen molar-refractivity contribution in [1.82, 2.24) is 4.90 Å². The Bertz CT molecular complexity index is 527. The molecular weight excluding hydrogens is 285 g/mol. The smallest absolute Gasteiger partial charge is 0.321 e. The number of aliphatic hydroxyl groups is 1. The molecule has 0 fully saturated rings. The van der Waals surface area contributed by atoms with Crippen molar-refractivity contribution < 1.29 is 14.3 Å². The number of benzene rings is 1. The van der Waals surface area contributed by atoms with Gasteiger partial charge >= 0.3 is 6.03 Å². The third-order valence-electron chi connectivity index (χ3n) is 3.32. The number of anilines is 2. The van der Waals surface area contributed by atoms with Crippen LogP contribution in [0.4, 0.5) is 20.6 Å². The van der Waals surface area contributed by atoms with Crippen LogP contribution in [0.1, 0.15) is 27.7 Å². The number of amides is 2. The first-order valence-electron chi connectivity index (χ1n) is 7.28. The quantitative estimate of drug-likeness (QED) is 0.879. The molecule has 2 amide bonds. The maximum atomic E-state index is 14.1. The molecule has 6 heteroatoms. The predicted octanol–water partition coefficient (Wildman–Crippen LogP) is 2.90. The topological polar surface area (TPSA) is 55.8 Å². The van der Waals surface area contributed by atoms with Gasteiger partial charge in [-0.25, -0.2) is 9.18 Å². The molecule has 0 aromatic heterocycles. The number of carbonyl (C=O) groups excluding carboxylic acids is 1. The summed E-state index contributed by atoms with van der Waals surface area (Å²) in [5.41, 5.74) is -0.120. The molecule has 1 aromatic rings. The van der Waals surface area contributed by atoms with Gasteiger partial charge in [0.2, 0.25) is 0 Å². The van der Waals surface area contributed by atoms with Crippen LogP contribution in [-0.4, -0.2) is 48.3 Å². The van der Waals surface area contributed by atoms with Gasteiger partial charge in [0, 0.05) is 25.8 Å². The molecule has 2 N–H and O–H groups in total. The number of likely N-dealkylation sites (N-methyl/N-ethyl adjacent to an activating group) is 1. The number of halogens is 1. The second-order valence-corrected chi connectivity index (χ2v) is 6.47. The van der Waals surface area contributed by atoms with Crippen LogP contribution in [0, 0.1) is 5.82 Å². The van der Waals surface area contributed by atoms with Crippen LogP contribution in [0.15, 0.2) is 18.2 Å². The number of carbonyl (C=O) groups is 1. The van der Waals surface area contributed by atoms with Gasteiger partial charge in [0.05, 0.1) is 17.8 Å². The van der Waals surface area contributed by atoms with Crippen LogP contribution in [0.3, 0.4) is 0 Å². The maximum Gasteiger partial charge on any atom is 0.321 e. The zero-order chi connectivity index (χ0) is 17.1. The van der Waals surface area contributed by atoms with Gasteiger partial charge in [-0.15, -0.1) is 0 Å². The first kappa shape index (κ1) is 18.2. The molecular formula is C16H26FN3O2. The minimum atomic E-state index is -0.985. The fourth-order valence-electron chi connectivity index (χ4n) is 2.02. The monoisotopic (exact) mass is 311 g/mol. The molecule has 0 aliphatic heterocycles. The molecule has 0 saturated heterocycles. The third-order valence-corrected chi connectivity index (χ3v) is 3.32. The first-order chi connectivity index (χ1) is 10.0. The minimum Gasteiger partial charge on any atom is -0.389 e. The van der Waals surface area contributed by atoms with Gasteiger partial charge in [-0.05, 0) is 45.9 Å². The highest BCUT2D eigenvalue weighted by atomic mass is 19.1. The number of nitrogens with one attached hydrogen (secondary N) is 1. The maximum absolute atomic E-state index is 14.1. The third kappa shape index (κ3) is 5.18. The molecule has 22 heavy (non-hydrogen) atoms. The normalized spacial score (nSPS) is 11.5. The molecule has 0 unspecified atom stereocenters. The van der Waals surface area contributed by atoms with Gasteiger partial charge in [0.15, 0.2) is 0 Å². The van der Waals surface area contributed by atoms with E-state index in [0.29, 0.717) is 11.4 Å². The Balaban J connectivity index is 2.79. The number of hydrogen-bond donors (Lipinski definition) is 2. The van der Waals surface area contributed by atoms with Gasteiger partial charge in [-0.1, -0.05) is 0 Å². The van der Waals surface area contributed by atoms with E-state index in [2.05, 4.69) is 5.32 Å². The van der Waals surface area contributed by atoms with Crippen molar-refractivity contribution in [1.29, 1.82) is 0 Å². The summed E-state index contributed by atoms with van der Waals surface area (Å²) in [7, 11) is 3.39. The minimum absolute atomic E-state index is 0.174. The zero-order valence-corrected chi connectivity index (χ0v) is 14.1. The fourth-order valence-corrected chi connectivity index (χ4v) is 2.02. The highest BCUT2D eigenvalue weighted by Crippen LogP contribution is 2.23. The highest BCUT2D eigenvalue weighted by molar-refractivity contribution is 5.89. The van der Waals surface area contributed by atoms with Gasteiger partial charge in [-0.3, -0.25) is 0 Å². The number of rotatable bonds is 5. The van der Waals surface area contributed by atoms with Crippen molar-refractivity contribution >= 4 is 17.4 Å². The van der Waals surface area contributed by atoms with Crippen molar-refractivity contribution in [2.24, 2.45) is 0 Å². The highest BCUT2D eigenvalue weighted by Gasteiger charge is 2.20. The lowest BCUT2D eigenvalue weighted by Gasteiger charge is -2.26. The van der Waals surface area contributed by atoms with Crippen molar-refractivity contribution in [2.75, 3.05) is 30.9 Å².